The fourth-order valence-corrected chi connectivity index (χ4v) is 2.08. The van der Waals surface area contributed by atoms with Crippen molar-refractivity contribution in [3.05, 3.63) is 53.9 Å². The summed E-state index contributed by atoms with van der Waals surface area (Å²) in [6.45, 7) is 6.20. The number of nitrogens with two attached hydrogens (primary N) is 1. The third kappa shape index (κ3) is 5.18. The Morgan fingerprint density at radius 1 is 1.10 bits per heavy atom. The monoisotopic (exact) mass is 300 g/mol. The lowest BCUT2D eigenvalue weighted by atomic mass is 10.0. The van der Waals surface area contributed by atoms with Crippen molar-refractivity contribution in [3.63, 3.8) is 0 Å². The summed E-state index contributed by atoms with van der Waals surface area (Å²) in [5.74, 6) is 0.838. The van der Waals surface area contributed by atoms with Crippen molar-refractivity contribution >= 4 is 11.9 Å². The highest BCUT2D eigenvalue weighted by Gasteiger charge is 2.22. The van der Waals surface area contributed by atoms with Gasteiger partial charge in [-0.15, -0.1) is 0 Å². The van der Waals surface area contributed by atoms with Crippen LogP contribution in [0.5, 0.6) is 0 Å². The molecular formula is C18H24N2S. The molecule has 0 spiro atoms. The second-order valence-corrected chi connectivity index (χ2v) is 7.05. The van der Waals surface area contributed by atoms with Crippen molar-refractivity contribution in [1.82, 2.24) is 4.98 Å². The second-order valence-electron chi connectivity index (χ2n) is 5.83. The highest BCUT2D eigenvalue weighted by molar-refractivity contribution is 7.97. The van der Waals surface area contributed by atoms with Crippen molar-refractivity contribution in [2.75, 3.05) is 0 Å². The summed E-state index contributed by atoms with van der Waals surface area (Å²) >= 11 is 1.38. The zero-order valence-corrected chi connectivity index (χ0v) is 13.9. The van der Waals surface area contributed by atoms with Crippen molar-refractivity contribution in [1.29, 1.82) is 0 Å². The third-order valence-corrected chi connectivity index (χ3v) is 3.98. The molecule has 1 aliphatic rings. The highest BCUT2D eigenvalue weighted by atomic mass is 32.2. The molecule has 0 radical (unpaired) electrons. The van der Waals surface area contributed by atoms with Gasteiger partial charge in [-0.05, 0) is 48.4 Å². The Morgan fingerprint density at radius 2 is 1.71 bits per heavy atom. The van der Waals surface area contributed by atoms with Gasteiger partial charge in [0.05, 0.1) is 0 Å². The maximum absolute atomic E-state index is 5.09. The fraction of sp³-hybridized carbons (Fsp3) is 0.389. The molecule has 3 heteroatoms. The molecule has 0 aliphatic heterocycles. The molecule has 1 heterocycles. The van der Waals surface area contributed by atoms with Crippen molar-refractivity contribution < 1.29 is 0 Å². The minimum absolute atomic E-state index is 0.579. The van der Waals surface area contributed by atoms with Crippen LogP contribution in [0.15, 0.2) is 42.7 Å². The molecule has 1 aromatic heterocycles. The Labute approximate surface area is 132 Å². The van der Waals surface area contributed by atoms with Crippen LogP contribution >= 0.6 is 11.9 Å². The van der Waals surface area contributed by atoms with E-state index in [0.717, 1.165) is 5.92 Å². The molecule has 1 fully saturated rings. The van der Waals surface area contributed by atoms with E-state index < -0.39 is 0 Å². The maximum Gasteiger partial charge on any atom is 0.0346 e. The summed E-state index contributed by atoms with van der Waals surface area (Å²) in [6, 6.07) is 11.1. The van der Waals surface area contributed by atoms with Crippen LogP contribution in [0.25, 0.3) is 11.1 Å². The molecule has 0 amide bonds. The van der Waals surface area contributed by atoms with Crippen LogP contribution < -0.4 is 5.14 Å². The van der Waals surface area contributed by atoms with Crippen molar-refractivity contribution in [3.8, 4) is 11.1 Å². The lowest BCUT2D eigenvalue weighted by molar-refractivity contribution is 1.11. The number of aryl methyl sites for hydroxylation is 1. The Bertz CT molecular complexity index is 560. The van der Waals surface area contributed by atoms with Gasteiger partial charge < -0.3 is 0 Å². The number of aromatic nitrogens is 1. The molecular weight excluding hydrogens is 276 g/mol. The standard InChI is InChI=1S/C15H15N.C3H9NS/c1-11-8-15(10-16-9-11)14-6-4-13(5-7-14)12-2-3-12;1-3(2)5-4/h4-10,12H,2-3H2,1H3;3H,4H2,1-2H3. The van der Waals surface area contributed by atoms with E-state index in [1.807, 2.05) is 12.4 Å². The van der Waals surface area contributed by atoms with Gasteiger partial charge in [-0.2, -0.15) is 0 Å². The molecule has 21 heavy (non-hydrogen) atoms. The van der Waals surface area contributed by atoms with Gasteiger partial charge in [0.25, 0.3) is 0 Å². The van der Waals surface area contributed by atoms with Gasteiger partial charge in [0.1, 0.15) is 0 Å². The van der Waals surface area contributed by atoms with Gasteiger partial charge in [-0.25, -0.2) is 0 Å². The summed E-state index contributed by atoms with van der Waals surface area (Å²) in [6.07, 6.45) is 6.55. The first-order valence-electron chi connectivity index (χ1n) is 7.47. The Kier molecular flexibility index (Phi) is 5.83. The Balaban J connectivity index is 0.000000282. The van der Waals surface area contributed by atoms with Gasteiger partial charge in [-0.3, -0.25) is 10.1 Å². The molecule has 0 unspecified atom stereocenters. The van der Waals surface area contributed by atoms with E-state index in [9.17, 15) is 0 Å². The lowest BCUT2D eigenvalue weighted by Crippen LogP contribution is -1.90. The molecule has 2 aromatic rings. The zero-order valence-electron chi connectivity index (χ0n) is 13.0. The van der Waals surface area contributed by atoms with Crippen molar-refractivity contribution in [2.45, 2.75) is 44.8 Å². The molecule has 1 saturated carbocycles. The minimum Gasteiger partial charge on any atom is -0.278 e. The number of benzene rings is 1. The van der Waals surface area contributed by atoms with E-state index >= 15 is 0 Å². The van der Waals surface area contributed by atoms with Gasteiger partial charge in [-0.1, -0.05) is 50.1 Å². The molecule has 2 N–H and O–H groups in total. The SMILES string of the molecule is CC(C)SN.Cc1cncc(-c2ccc(C3CC3)cc2)c1. The fourth-order valence-electron chi connectivity index (χ4n) is 2.08. The van der Waals surface area contributed by atoms with Gasteiger partial charge in [0.2, 0.25) is 0 Å². The van der Waals surface area contributed by atoms with Crippen molar-refractivity contribution in [2.24, 2.45) is 5.14 Å². The molecule has 1 aromatic carbocycles. The largest absolute Gasteiger partial charge is 0.278 e. The van der Waals surface area contributed by atoms with Crippen LogP contribution in [-0.4, -0.2) is 10.2 Å². The van der Waals surface area contributed by atoms with E-state index in [-0.39, 0.29) is 0 Å². The van der Waals surface area contributed by atoms with E-state index in [1.54, 1.807) is 0 Å². The first-order chi connectivity index (χ1) is 10.1. The molecule has 0 atom stereocenters. The van der Waals surface area contributed by atoms with Gasteiger partial charge in [0, 0.05) is 23.2 Å². The highest BCUT2D eigenvalue weighted by Crippen LogP contribution is 2.40. The summed E-state index contributed by atoms with van der Waals surface area (Å²) < 4.78 is 0. The first-order valence-corrected chi connectivity index (χ1v) is 8.42. The van der Waals surface area contributed by atoms with Crippen LogP contribution in [0.1, 0.15) is 43.7 Å². The van der Waals surface area contributed by atoms with Crippen LogP contribution in [0, 0.1) is 6.92 Å². The first kappa shape index (κ1) is 16.1. The minimum atomic E-state index is 0.579. The molecule has 2 nitrogen and oxygen atoms in total. The van der Waals surface area contributed by atoms with E-state index in [0.29, 0.717) is 5.25 Å². The average molecular weight is 300 g/mol. The summed E-state index contributed by atoms with van der Waals surface area (Å²) in [5, 5.41) is 5.67. The topological polar surface area (TPSA) is 38.9 Å². The van der Waals surface area contributed by atoms with Gasteiger partial charge >= 0.3 is 0 Å². The van der Waals surface area contributed by atoms with Crippen LogP contribution in [-0.2, 0) is 0 Å². The quantitative estimate of drug-likeness (QED) is 0.816. The maximum atomic E-state index is 5.09. The number of pyridine rings is 1. The normalized spacial score (nSPS) is 13.8. The van der Waals surface area contributed by atoms with Crippen LogP contribution in [0.4, 0.5) is 0 Å². The number of rotatable bonds is 3. The van der Waals surface area contributed by atoms with Crippen LogP contribution in [0.2, 0.25) is 0 Å². The van der Waals surface area contributed by atoms with E-state index in [4.69, 9.17) is 5.14 Å². The molecule has 1 aliphatic carbocycles. The Morgan fingerprint density at radius 3 is 2.19 bits per heavy atom. The molecule has 112 valence electrons. The summed E-state index contributed by atoms with van der Waals surface area (Å²) in [4.78, 5) is 4.23. The third-order valence-electron chi connectivity index (χ3n) is 3.44. The molecule has 3 rings (SSSR count). The average Bonchev–Trinajstić information content (AvgIpc) is 3.33. The number of hydrogen-bond donors (Lipinski definition) is 1. The predicted molar refractivity (Wildman–Crippen MR) is 93.3 cm³/mol. The summed E-state index contributed by atoms with van der Waals surface area (Å²) in [7, 11) is 0. The molecule has 0 saturated heterocycles. The second kappa shape index (κ2) is 7.62. The number of hydrogen-bond acceptors (Lipinski definition) is 3. The van der Waals surface area contributed by atoms with Crippen LogP contribution in [0.3, 0.4) is 0 Å². The lowest BCUT2D eigenvalue weighted by Gasteiger charge is -2.04. The number of nitrogens with zero attached hydrogens (tertiary/aromatic N) is 1. The van der Waals surface area contributed by atoms with E-state index in [2.05, 4.69) is 56.1 Å². The molecule has 0 bridgehead atoms. The smallest absolute Gasteiger partial charge is 0.0346 e. The van der Waals surface area contributed by atoms with E-state index in [1.165, 1.54) is 47.0 Å². The zero-order chi connectivity index (χ0) is 15.2. The Hall–Kier alpha value is -1.32. The predicted octanol–water partition coefficient (Wildman–Crippen LogP) is 4.94. The van der Waals surface area contributed by atoms with Gasteiger partial charge in [0.15, 0.2) is 0 Å². The summed E-state index contributed by atoms with van der Waals surface area (Å²) in [5.41, 5.74) is 5.18.